The van der Waals surface area contributed by atoms with Crippen LogP contribution in [0.15, 0.2) is 24.5 Å². The van der Waals surface area contributed by atoms with Crippen LogP contribution in [0.3, 0.4) is 0 Å². The predicted octanol–water partition coefficient (Wildman–Crippen LogP) is 3.66. The Morgan fingerprint density at radius 3 is 2.06 bits per heavy atom. The Kier molecular flexibility index (Phi) is 3.91. The van der Waals surface area contributed by atoms with E-state index in [1.54, 1.807) is 0 Å². The molecule has 17 heavy (non-hydrogen) atoms. The lowest BCUT2D eigenvalue weighted by molar-refractivity contribution is 0.00578. The summed E-state index contributed by atoms with van der Waals surface area (Å²) in [7, 11) is -2.67. The zero-order chi connectivity index (χ0) is 13.3. The van der Waals surface area contributed by atoms with Gasteiger partial charge >= 0.3 is 8.80 Å². The first kappa shape index (κ1) is 14.5. The molecule has 1 fully saturated rings. The fourth-order valence-electron chi connectivity index (χ4n) is 1.74. The van der Waals surface area contributed by atoms with Crippen molar-refractivity contribution in [3.63, 3.8) is 0 Å². The van der Waals surface area contributed by atoms with Crippen LogP contribution in [0.1, 0.15) is 41.5 Å². The van der Waals surface area contributed by atoms with E-state index in [-0.39, 0.29) is 11.2 Å². The van der Waals surface area contributed by atoms with Gasteiger partial charge in [-0.1, -0.05) is 18.7 Å². The summed E-state index contributed by atoms with van der Waals surface area (Å²) in [5, 5.41) is 0. The topological polar surface area (TPSA) is 27.7 Å². The van der Waals surface area contributed by atoms with E-state index in [9.17, 15) is 0 Å². The molecule has 0 spiro atoms. The van der Waals surface area contributed by atoms with Gasteiger partial charge in [-0.3, -0.25) is 0 Å². The summed E-state index contributed by atoms with van der Waals surface area (Å²) in [6.45, 7) is 15.8. The molecule has 0 atom stereocenters. The smallest absolute Gasteiger partial charge is 0.505 e. The third-order valence-corrected chi connectivity index (χ3v) is 6.24. The van der Waals surface area contributed by atoms with Crippen LogP contribution in [0.25, 0.3) is 0 Å². The molecule has 0 aromatic heterocycles. The molecule has 0 bridgehead atoms. The average Bonchev–Trinajstić information content (AvgIpc) is 2.28. The molecule has 4 heteroatoms. The third kappa shape index (κ3) is 3.00. The standard InChI is InChI=1S/C13H24O3Si/c1-8-9-10-17(14-11(2)3)15-12(4,5)13(6,7)16-17/h8-9H,2,10H2,1,3-7H3/b9-8-. The molecule has 1 rings (SSSR count). The number of allylic oxidation sites excluding steroid dienone is 3. The highest BCUT2D eigenvalue weighted by atomic mass is 28.4. The van der Waals surface area contributed by atoms with E-state index in [0.29, 0.717) is 11.8 Å². The number of rotatable bonds is 4. The Bertz CT molecular complexity index is 316. The molecule has 0 radical (unpaired) electrons. The van der Waals surface area contributed by atoms with Crippen molar-refractivity contribution in [1.82, 2.24) is 0 Å². The lowest BCUT2D eigenvalue weighted by atomic mass is 9.90. The van der Waals surface area contributed by atoms with Gasteiger partial charge < -0.3 is 13.3 Å². The van der Waals surface area contributed by atoms with E-state index in [2.05, 4.69) is 6.58 Å². The molecule has 0 saturated carbocycles. The van der Waals surface area contributed by atoms with Gasteiger partial charge in [-0.05, 0) is 41.5 Å². The highest BCUT2D eigenvalue weighted by Gasteiger charge is 2.62. The van der Waals surface area contributed by atoms with Crippen LogP contribution >= 0.6 is 0 Å². The van der Waals surface area contributed by atoms with Crippen molar-refractivity contribution in [2.45, 2.75) is 58.8 Å². The molecule has 1 aliphatic heterocycles. The fraction of sp³-hybridized carbons (Fsp3) is 0.692. The fourth-order valence-corrected chi connectivity index (χ4v) is 5.22. The van der Waals surface area contributed by atoms with E-state index < -0.39 is 8.80 Å². The molecule has 0 aliphatic carbocycles. The Morgan fingerprint density at radius 1 is 1.24 bits per heavy atom. The Labute approximate surface area is 106 Å². The lowest BCUT2D eigenvalue weighted by Gasteiger charge is -2.31. The van der Waals surface area contributed by atoms with Crippen LogP contribution < -0.4 is 0 Å². The molecule has 0 amide bonds. The van der Waals surface area contributed by atoms with Crippen molar-refractivity contribution in [3.8, 4) is 0 Å². The zero-order valence-electron chi connectivity index (χ0n) is 11.8. The van der Waals surface area contributed by atoms with Gasteiger partial charge in [-0.2, -0.15) is 0 Å². The lowest BCUT2D eigenvalue weighted by Crippen LogP contribution is -2.41. The molecule has 0 aromatic rings. The summed E-state index contributed by atoms with van der Waals surface area (Å²) in [6, 6.07) is 0.684. The normalized spacial score (nSPS) is 25.1. The summed E-state index contributed by atoms with van der Waals surface area (Å²) in [5.41, 5.74) is -0.702. The number of hydrogen-bond acceptors (Lipinski definition) is 3. The van der Waals surface area contributed by atoms with Gasteiger partial charge in [0, 0.05) is 6.04 Å². The third-order valence-electron chi connectivity index (χ3n) is 3.20. The molecule has 3 nitrogen and oxygen atoms in total. The van der Waals surface area contributed by atoms with Crippen molar-refractivity contribution in [2.75, 3.05) is 0 Å². The maximum Gasteiger partial charge on any atom is 0.570 e. The number of hydrogen-bond donors (Lipinski definition) is 0. The molecule has 0 N–H and O–H groups in total. The minimum Gasteiger partial charge on any atom is -0.505 e. The second kappa shape index (κ2) is 4.59. The van der Waals surface area contributed by atoms with E-state index in [1.807, 2.05) is 53.7 Å². The van der Waals surface area contributed by atoms with Gasteiger partial charge in [0.05, 0.1) is 17.0 Å². The van der Waals surface area contributed by atoms with Crippen LogP contribution in [0.2, 0.25) is 6.04 Å². The molecule has 1 aliphatic rings. The molecule has 0 unspecified atom stereocenters. The maximum atomic E-state index is 6.15. The maximum absolute atomic E-state index is 6.15. The first-order valence-electron chi connectivity index (χ1n) is 6.00. The largest absolute Gasteiger partial charge is 0.570 e. The molecule has 98 valence electrons. The van der Waals surface area contributed by atoms with Crippen LogP contribution in [0.4, 0.5) is 0 Å². The summed E-state index contributed by atoms with van der Waals surface area (Å²) < 4.78 is 18.1. The van der Waals surface area contributed by atoms with Gasteiger partial charge in [0.2, 0.25) is 0 Å². The monoisotopic (exact) mass is 256 g/mol. The van der Waals surface area contributed by atoms with Gasteiger partial charge in [0.1, 0.15) is 0 Å². The Morgan fingerprint density at radius 2 is 1.71 bits per heavy atom. The quantitative estimate of drug-likeness (QED) is 0.436. The molecule has 1 saturated heterocycles. The minimum absolute atomic E-state index is 0.351. The highest BCUT2D eigenvalue weighted by molar-refractivity contribution is 6.62. The van der Waals surface area contributed by atoms with E-state index in [4.69, 9.17) is 13.3 Å². The van der Waals surface area contributed by atoms with E-state index in [1.165, 1.54) is 0 Å². The summed E-state index contributed by atoms with van der Waals surface area (Å²) >= 11 is 0. The van der Waals surface area contributed by atoms with Gasteiger partial charge in [0.15, 0.2) is 0 Å². The minimum atomic E-state index is -2.67. The zero-order valence-corrected chi connectivity index (χ0v) is 12.8. The SMILES string of the molecule is C=C(C)O[Si]1(C/C=C\C)OC(C)(C)C(C)(C)O1. The summed E-state index contributed by atoms with van der Waals surface area (Å²) in [6.07, 6.45) is 4.02. The summed E-state index contributed by atoms with van der Waals surface area (Å²) in [4.78, 5) is 0. The Balaban J connectivity index is 2.99. The van der Waals surface area contributed by atoms with Crippen LogP contribution in [0.5, 0.6) is 0 Å². The van der Waals surface area contributed by atoms with Crippen molar-refractivity contribution in [1.29, 1.82) is 0 Å². The van der Waals surface area contributed by atoms with Crippen LogP contribution in [-0.2, 0) is 13.3 Å². The summed E-state index contributed by atoms with van der Waals surface area (Å²) in [5.74, 6) is 0.648. The van der Waals surface area contributed by atoms with Crippen LogP contribution in [-0.4, -0.2) is 20.0 Å². The van der Waals surface area contributed by atoms with Crippen LogP contribution in [0, 0.1) is 0 Å². The van der Waals surface area contributed by atoms with Gasteiger partial charge in [-0.25, -0.2) is 0 Å². The van der Waals surface area contributed by atoms with E-state index in [0.717, 1.165) is 0 Å². The highest BCUT2D eigenvalue weighted by Crippen LogP contribution is 2.44. The first-order valence-corrected chi connectivity index (χ1v) is 7.93. The molecule has 0 aromatic carbocycles. The van der Waals surface area contributed by atoms with Crippen molar-refractivity contribution in [2.24, 2.45) is 0 Å². The first-order chi connectivity index (χ1) is 7.64. The van der Waals surface area contributed by atoms with E-state index >= 15 is 0 Å². The van der Waals surface area contributed by atoms with Crippen molar-refractivity contribution >= 4 is 8.80 Å². The second-order valence-corrected chi connectivity index (χ2v) is 7.87. The Hall–Kier alpha value is -0.583. The molecular formula is C13H24O3Si. The molecular weight excluding hydrogens is 232 g/mol. The van der Waals surface area contributed by atoms with Gasteiger partial charge in [0.25, 0.3) is 0 Å². The predicted molar refractivity (Wildman–Crippen MR) is 71.6 cm³/mol. The van der Waals surface area contributed by atoms with Crippen molar-refractivity contribution < 1.29 is 13.3 Å². The molecule has 1 heterocycles. The second-order valence-electron chi connectivity index (χ2n) is 5.48. The van der Waals surface area contributed by atoms with Gasteiger partial charge in [-0.15, -0.1) is 0 Å². The van der Waals surface area contributed by atoms with Crippen molar-refractivity contribution in [3.05, 3.63) is 24.5 Å². The average molecular weight is 256 g/mol.